The van der Waals surface area contributed by atoms with Crippen LogP contribution in [0.5, 0.6) is 0 Å². The highest BCUT2D eigenvalue weighted by molar-refractivity contribution is 7.13. The molecule has 0 amide bonds. The van der Waals surface area contributed by atoms with Crippen molar-refractivity contribution in [2.45, 2.75) is 46.2 Å². The van der Waals surface area contributed by atoms with E-state index in [2.05, 4.69) is 48.4 Å². The third-order valence-electron chi connectivity index (χ3n) is 2.83. The van der Waals surface area contributed by atoms with Crippen molar-refractivity contribution in [3.63, 3.8) is 0 Å². The minimum absolute atomic E-state index is 0.558. The number of thiazole rings is 1. The molecule has 0 aliphatic rings. The lowest BCUT2D eigenvalue weighted by atomic mass is 10.2. The number of hydrogen-bond acceptors (Lipinski definition) is 4. The third-order valence-corrected chi connectivity index (χ3v) is 3.81. The summed E-state index contributed by atoms with van der Waals surface area (Å²) in [5.41, 5.74) is 1.16. The molecular formula is C12H23N3S. The van der Waals surface area contributed by atoms with Crippen molar-refractivity contribution in [1.82, 2.24) is 10.3 Å². The second-order valence-corrected chi connectivity index (χ2v) is 5.00. The summed E-state index contributed by atoms with van der Waals surface area (Å²) in [4.78, 5) is 6.89. The molecule has 1 aromatic heterocycles. The van der Waals surface area contributed by atoms with Crippen LogP contribution in [-0.4, -0.2) is 24.6 Å². The molecule has 1 unspecified atom stereocenters. The molecule has 0 aliphatic carbocycles. The summed E-state index contributed by atoms with van der Waals surface area (Å²) in [6, 6.07) is 0.558. The van der Waals surface area contributed by atoms with E-state index in [1.54, 1.807) is 11.3 Å². The lowest BCUT2D eigenvalue weighted by Gasteiger charge is -2.22. The van der Waals surface area contributed by atoms with Crippen molar-refractivity contribution < 1.29 is 0 Å². The predicted octanol–water partition coefficient (Wildman–Crippen LogP) is 2.88. The van der Waals surface area contributed by atoms with Gasteiger partial charge < -0.3 is 10.2 Å². The van der Waals surface area contributed by atoms with Crippen LogP contribution in [0, 0.1) is 0 Å². The Bertz CT molecular complexity index is 298. The highest BCUT2D eigenvalue weighted by Crippen LogP contribution is 2.21. The summed E-state index contributed by atoms with van der Waals surface area (Å²) in [6.07, 6.45) is 2.32. The molecule has 1 N–H and O–H groups in total. The van der Waals surface area contributed by atoms with Crippen LogP contribution in [-0.2, 0) is 6.54 Å². The topological polar surface area (TPSA) is 28.2 Å². The monoisotopic (exact) mass is 241 g/mol. The van der Waals surface area contributed by atoms with Gasteiger partial charge in [0.1, 0.15) is 0 Å². The standard InChI is InChI=1S/C12H23N3S/c1-5-7-13-8-11-9-16-12(14-11)15(4)10(3)6-2/h9-10,13H,5-8H2,1-4H3. The van der Waals surface area contributed by atoms with E-state index in [0.717, 1.165) is 30.3 Å². The quantitative estimate of drug-likeness (QED) is 0.744. The fourth-order valence-corrected chi connectivity index (χ4v) is 2.29. The zero-order chi connectivity index (χ0) is 12.0. The van der Waals surface area contributed by atoms with Gasteiger partial charge >= 0.3 is 0 Å². The lowest BCUT2D eigenvalue weighted by molar-refractivity contribution is 0.651. The fourth-order valence-electron chi connectivity index (χ4n) is 1.40. The van der Waals surface area contributed by atoms with Crippen LogP contribution < -0.4 is 10.2 Å². The average Bonchev–Trinajstić information content (AvgIpc) is 2.76. The van der Waals surface area contributed by atoms with E-state index >= 15 is 0 Å². The molecule has 0 spiro atoms. The zero-order valence-electron chi connectivity index (χ0n) is 10.8. The van der Waals surface area contributed by atoms with Gasteiger partial charge in [0.05, 0.1) is 5.69 Å². The van der Waals surface area contributed by atoms with E-state index in [1.807, 2.05) is 0 Å². The van der Waals surface area contributed by atoms with Gasteiger partial charge in [-0.1, -0.05) is 13.8 Å². The summed E-state index contributed by atoms with van der Waals surface area (Å²) in [6.45, 7) is 8.57. The maximum Gasteiger partial charge on any atom is 0.185 e. The van der Waals surface area contributed by atoms with Gasteiger partial charge in [-0.2, -0.15) is 0 Å². The third kappa shape index (κ3) is 3.76. The zero-order valence-corrected chi connectivity index (χ0v) is 11.6. The number of anilines is 1. The molecule has 16 heavy (non-hydrogen) atoms. The normalized spacial score (nSPS) is 12.8. The van der Waals surface area contributed by atoms with Gasteiger partial charge in [-0.05, 0) is 26.3 Å². The Kier molecular flexibility index (Phi) is 5.77. The van der Waals surface area contributed by atoms with E-state index in [1.165, 1.54) is 6.42 Å². The molecule has 0 saturated carbocycles. The number of aromatic nitrogens is 1. The van der Waals surface area contributed by atoms with Crippen LogP contribution in [0.4, 0.5) is 5.13 Å². The Morgan fingerprint density at radius 1 is 1.50 bits per heavy atom. The van der Waals surface area contributed by atoms with Crippen LogP contribution in [0.25, 0.3) is 0 Å². The average molecular weight is 241 g/mol. The molecule has 0 aromatic carbocycles. The first-order valence-corrected chi connectivity index (χ1v) is 6.94. The van der Waals surface area contributed by atoms with Crippen LogP contribution in [0.1, 0.15) is 39.3 Å². The summed E-state index contributed by atoms with van der Waals surface area (Å²) in [7, 11) is 2.12. The Hall–Kier alpha value is -0.610. The van der Waals surface area contributed by atoms with Gasteiger partial charge in [0.25, 0.3) is 0 Å². The molecule has 1 rings (SSSR count). The molecule has 0 bridgehead atoms. The highest BCUT2D eigenvalue weighted by Gasteiger charge is 2.11. The van der Waals surface area contributed by atoms with Crippen molar-refractivity contribution in [3.8, 4) is 0 Å². The van der Waals surface area contributed by atoms with E-state index in [0.29, 0.717) is 6.04 Å². The smallest absolute Gasteiger partial charge is 0.185 e. The first-order valence-electron chi connectivity index (χ1n) is 6.07. The molecule has 1 aromatic rings. The van der Waals surface area contributed by atoms with Crippen LogP contribution in [0.15, 0.2) is 5.38 Å². The number of nitrogens with zero attached hydrogens (tertiary/aromatic N) is 2. The lowest BCUT2D eigenvalue weighted by Crippen LogP contribution is -2.27. The first kappa shape index (κ1) is 13.5. The van der Waals surface area contributed by atoms with Crippen LogP contribution in [0.2, 0.25) is 0 Å². The van der Waals surface area contributed by atoms with Gasteiger partial charge in [-0.3, -0.25) is 0 Å². The molecular weight excluding hydrogens is 218 g/mol. The molecule has 4 heteroatoms. The van der Waals surface area contributed by atoms with Gasteiger partial charge in [0, 0.05) is 25.0 Å². The Labute approximate surface area is 103 Å². The molecule has 3 nitrogen and oxygen atoms in total. The molecule has 1 atom stereocenters. The van der Waals surface area contributed by atoms with Crippen molar-refractivity contribution >= 4 is 16.5 Å². The van der Waals surface area contributed by atoms with Gasteiger partial charge in [0.15, 0.2) is 5.13 Å². The molecule has 0 fully saturated rings. The molecule has 1 heterocycles. The SMILES string of the molecule is CCCNCc1csc(N(C)C(C)CC)n1. The summed E-state index contributed by atoms with van der Waals surface area (Å²) >= 11 is 1.73. The maximum absolute atomic E-state index is 4.63. The van der Waals surface area contributed by atoms with E-state index in [4.69, 9.17) is 0 Å². The number of rotatable bonds is 7. The Balaban J connectivity index is 2.50. The van der Waals surface area contributed by atoms with Gasteiger partial charge in [-0.15, -0.1) is 11.3 Å². The van der Waals surface area contributed by atoms with Gasteiger partial charge in [0.2, 0.25) is 0 Å². The molecule has 0 saturated heterocycles. The van der Waals surface area contributed by atoms with Crippen molar-refractivity contribution in [2.75, 3.05) is 18.5 Å². The molecule has 92 valence electrons. The molecule has 0 radical (unpaired) electrons. The number of hydrogen-bond donors (Lipinski definition) is 1. The van der Waals surface area contributed by atoms with Crippen molar-refractivity contribution in [1.29, 1.82) is 0 Å². The first-order chi connectivity index (χ1) is 7.69. The summed E-state index contributed by atoms with van der Waals surface area (Å²) < 4.78 is 0. The Morgan fingerprint density at radius 3 is 2.88 bits per heavy atom. The van der Waals surface area contributed by atoms with E-state index < -0.39 is 0 Å². The van der Waals surface area contributed by atoms with Gasteiger partial charge in [-0.25, -0.2) is 4.98 Å². The predicted molar refractivity (Wildman–Crippen MR) is 72.3 cm³/mol. The van der Waals surface area contributed by atoms with Crippen molar-refractivity contribution in [2.24, 2.45) is 0 Å². The van der Waals surface area contributed by atoms with Crippen LogP contribution >= 0.6 is 11.3 Å². The maximum atomic E-state index is 4.63. The second kappa shape index (κ2) is 6.86. The second-order valence-electron chi connectivity index (χ2n) is 4.17. The fraction of sp³-hybridized carbons (Fsp3) is 0.750. The van der Waals surface area contributed by atoms with E-state index in [9.17, 15) is 0 Å². The minimum Gasteiger partial charge on any atom is -0.348 e. The summed E-state index contributed by atoms with van der Waals surface area (Å²) in [5.74, 6) is 0. The van der Waals surface area contributed by atoms with Crippen LogP contribution in [0.3, 0.4) is 0 Å². The molecule has 0 aliphatic heterocycles. The summed E-state index contributed by atoms with van der Waals surface area (Å²) in [5, 5.41) is 6.65. The van der Waals surface area contributed by atoms with E-state index in [-0.39, 0.29) is 0 Å². The number of nitrogens with one attached hydrogen (secondary N) is 1. The van der Waals surface area contributed by atoms with Crippen molar-refractivity contribution in [3.05, 3.63) is 11.1 Å². The minimum atomic E-state index is 0.558. The highest BCUT2D eigenvalue weighted by atomic mass is 32.1. The largest absolute Gasteiger partial charge is 0.348 e. The Morgan fingerprint density at radius 2 is 2.25 bits per heavy atom.